The SMILES string of the molecule is CC(C)(C)COC=O.CCNP(Oc1ccccc1)C(F)c1ccc2sc(C(=O)Oc3c(F)c(F)c(F)c(F)c3F)cc2c1. The molecule has 1 aromatic heterocycles. The largest absolute Gasteiger partial charge is 0.467 e. The first kappa shape index (κ1) is 34.8. The summed E-state index contributed by atoms with van der Waals surface area (Å²) in [6.45, 7) is 9.26. The van der Waals surface area contributed by atoms with Gasteiger partial charge >= 0.3 is 5.97 Å². The topological polar surface area (TPSA) is 73.9 Å². The maximum Gasteiger partial charge on any atom is 0.353 e. The van der Waals surface area contributed by atoms with E-state index in [2.05, 4.69) is 14.6 Å². The third-order valence-corrected chi connectivity index (χ3v) is 8.27. The van der Waals surface area contributed by atoms with Gasteiger partial charge in [0.15, 0.2) is 5.91 Å². The van der Waals surface area contributed by atoms with E-state index in [9.17, 15) is 31.5 Å². The van der Waals surface area contributed by atoms with Crippen LogP contribution in [0.15, 0.2) is 54.6 Å². The molecule has 2 atom stereocenters. The molecular formula is C30H28F6NO5PS. The molecule has 4 rings (SSSR count). The van der Waals surface area contributed by atoms with E-state index in [-0.39, 0.29) is 15.9 Å². The Bertz CT molecular complexity index is 1570. The zero-order valence-corrected chi connectivity index (χ0v) is 25.6. The predicted molar refractivity (Wildman–Crippen MR) is 156 cm³/mol. The van der Waals surface area contributed by atoms with E-state index < -0.39 is 55.0 Å². The number of hydrogen-bond acceptors (Lipinski definition) is 7. The molecule has 0 radical (unpaired) electrons. The van der Waals surface area contributed by atoms with Gasteiger partial charge in [-0.3, -0.25) is 9.88 Å². The maximum absolute atomic E-state index is 15.4. The first-order valence-electron chi connectivity index (χ1n) is 13.0. The van der Waals surface area contributed by atoms with Crippen LogP contribution in [-0.2, 0) is 9.53 Å². The lowest BCUT2D eigenvalue weighted by Crippen LogP contribution is -2.13. The quantitative estimate of drug-likeness (QED) is 0.0349. The maximum atomic E-state index is 15.4. The third-order valence-electron chi connectivity index (χ3n) is 5.43. The lowest BCUT2D eigenvalue weighted by Gasteiger charge is -2.22. The van der Waals surface area contributed by atoms with Gasteiger partial charge in [0, 0.05) is 4.70 Å². The van der Waals surface area contributed by atoms with Crippen molar-refractivity contribution in [3.8, 4) is 11.5 Å². The van der Waals surface area contributed by atoms with E-state index in [1.807, 2.05) is 20.8 Å². The first-order chi connectivity index (χ1) is 20.8. The second-order valence-electron chi connectivity index (χ2n) is 10.2. The zero-order valence-electron chi connectivity index (χ0n) is 23.9. The van der Waals surface area contributed by atoms with Gasteiger partial charge in [0.05, 0.1) is 6.61 Å². The fourth-order valence-corrected chi connectivity index (χ4v) is 5.79. The van der Waals surface area contributed by atoms with Crippen molar-refractivity contribution in [3.63, 3.8) is 0 Å². The number of carbonyl (C=O) groups excluding carboxylic acids is 2. The Morgan fingerprint density at radius 2 is 1.57 bits per heavy atom. The highest BCUT2D eigenvalue weighted by Gasteiger charge is 2.30. The molecule has 0 aliphatic rings. The molecule has 0 aliphatic heterocycles. The van der Waals surface area contributed by atoms with E-state index in [0.29, 0.717) is 35.5 Å². The molecule has 0 spiro atoms. The number of benzene rings is 3. The van der Waals surface area contributed by atoms with Gasteiger partial charge in [-0.15, -0.1) is 11.3 Å². The third kappa shape index (κ3) is 8.93. The molecule has 1 heterocycles. The fourth-order valence-electron chi connectivity index (χ4n) is 3.46. The van der Waals surface area contributed by atoms with E-state index in [0.717, 1.165) is 11.3 Å². The lowest BCUT2D eigenvalue weighted by atomic mass is 9.99. The second kappa shape index (κ2) is 15.4. The van der Waals surface area contributed by atoms with Crippen molar-refractivity contribution in [2.45, 2.75) is 33.6 Å². The number of carbonyl (C=O) groups is 2. The molecule has 3 aromatic carbocycles. The van der Waals surface area contributed by atoms with Crippen LogP contribution in [0.3, 0.4) is 0 Å². The molecule has 0 bridgehead atoms. The number of alkyl halides is 1. The summed E-state index contributed by atoms with van der Waals surface area (Å²) in [5.41, 5.74) is 0.351. The summed E-state index contributed by atoms with van der Waals surface area (Å²) in [4.78, 5) is 21.9. The molecule has 44 heavy (non-hydrogen) atoms. The van der Waals surface area contributed by atoms with Crippen LogP contribution in [0, 0.1) is 34.5 Å². The van der Waals surface area contributed by atoms with Gasteiger partial charge in [-0.25, -0.2) is 22.4 Å². The van der Waals surface area contributed by atoms with Crippen molar-refractivity contribution < 1.29 is 49.9 Å². The average Bonchev–Trinajstić information content (AvgIpc) is 3.44. The van der Waals surface area contributed by atoms with Gasteiger partial charge in [-0.05, 0) is 53.2 Å². The minimum atomic E-state index is -2.37. The van der Waals surface area contributed by atoms with Crippen LogP contribution >= 0.6 is 19.6 Å². The smallest absolute Gasteiger partial charge is 0.353 e. The Hall–Kier alpha value is -3.67. The molecule has 2 unspecified atom stereocenters. The number of ether oxygens (including phenoxy) is 2. The number of thiophene rings is 1. The Morgan fingerprint density at radius 1 is 0.955 bits per heavy atom. The molecule has 0 fully saturated rings. The molecule has 0 saturated carbocycles. The summed E-state index contributed by atoms with van der Waals surface area (Å²) in [7, 11) is -1.78. The van der Waals surface area contributed by atoms with Crippen molar-refractivity contribution in [3.05, 3.63) is 94.1 Å². The Kier molecular flexibility index (Phi) is 12.2. The number of hydrogen-bond donors (Lipinski definition) is 1. The van der Waals surface area contributed by atoms with Crippen LogP contribution in [0.2, 0.25) is 0 Å². The number of halogens is 6. The number of esters is 1. The lowest BCUT2D eigenvalue weighted by molar-refractivity contribution is -0.131. The van der Waals surface area contributed by atoms with Crippen LogP contribution in [0.1, 0.15) is 48.8 Å². The van der Waals surface area contributed by atoms with Gasteiger partial charge < -0.3 is 14.0 Å². The van der Waals surface area contributed by atoms with E-state index in [1.54, 1.807) is 43.3 Å². The summed E-state index contributed by atoms with van der Waals surface area (Å²) in [5, 5.41) is 3.40. The number of rotatable bonds is 10. The minimum absolute atomic E-state index is 0.0981. The molecule has 1 N–H and O–H groups in total. The number of para-hydroxylation sites is 1. The average molecular weight is 660 g/mol. The minimum Gasteiger partial charge on any atom is -0.467 e. The number of fused-ring (bicyclic) bond motifs is 1. The van der Waals surface area contributed by atoms with Crippen molar-refractivity contribution in [1.29, 1.82) is 0 Å². The normalized spacial score (nSPS) is 12.6. The summed E-state index contributed by atoms with van der Waals surface area (Å²) >= 11 is 0.845. The van der Waals surface area contributed by atoms with Gasteiger partial charge in [-0.1, -0.05) is 52.0 Å². The van der Waals surface area contributed by atoms with Gasteiger partial charge in [0.2, 0.25) is 43.1 Å². The molecule has 0 saturated heterocycles. The van der Waals surface area contributed by atoms with Crippen LogP contribution in [0.5, 0.6) is 11.5 Å². The second-order valence-corrected chi connectivity index (χ2v) is 12.9. The molecule has 236 valence electrons. The molecule has 14 heteroatoms. The van der Waals surface area contributed by atoms with Crippen LogP contribution in [-0.4, -0.2) is 25.6 Å². The van der Waals surface area contributed by atoms with E-state index >= 15 is 4.39 Å². The Labute approximate surface area is 254 Å². The summed E-state index contributed by atoms with van der Waals surface area (Å²) in [5.74, 6) is -15.5. The van der Waals surface area contributed by atoms with Gasteiger partial charge in [0.1, 0.15) is 10.6 Å². The first-order valence-corrected chi connectivity index (χ1v) is 15.1. The fraction of sp³-hybridized carbons (Fsp3) is 0.267. The van der Waals surface area contributed by atoms with Crippen LogP contribution < -0.4 is 14.3 Å². The van der Waals surface area contributed by atoms with Crippen molar-refractivity contribution in [2.75, 3.05) is 13.2 Å². The monoisotopic (exact) mass is 659 g/mol. The van der Waals surface area contributed by atoms with Crippen LogP contribution in [0.4, 0.5) is 26.3 Å². The highest BCUT2D eigenvalue weighted by atomic mass is 32.1. The Morgan fingerprint density at radius 3 is 2.11 bits per heavy atom. The number of nitrogens with one attached hydrogen (secondary N) is 1. The molecule has 6 nitrogen and oxygen atoms in total. The van der Waals surface area contributed by atoms with Crippen LogP contribution in [0.25, 0.3) is 10.1 Å². The highest BCUT2D eigenvalue weighted by Crippen LogP contribution is 2.50. The summed E-state index contributed by atoms with van der Waals surface area (Å²) < 4.78 is 98.5. The highest BCUT2D eigenvalue weighted by molar-refractivity contribution is 7.51. The van der Waals surface area contributed by atoms with Gasteiger partial charge in [-0.2, -0.15) is 8.78 Å². The summed E-state index contributed by atoms with van der Waals surface area (Å²) in [6.07, 6.45) is 0. The summed E-state index contributed by atoms with van der Waals surface area (Å²) in [6, 6.07) is 14.5. The van der Waals surface area contributed by atoms with Crippen molar-refractivity contribution in [2.24, 2.45) is 5.41 Å². The Balaban J connectivity index is 0.000000583. The zero-order chi connectivity index (χ0) is 32.6. The predicted octanol–water partition coefficient (Wildman–Crippen LogP) is 8.99. The van der Waals surface area contributed by atoms with Crippen molar-refractivity contribution in [1.82, 2.24) is 5.09 Å². The molecule has 0 aliphatic carbocycles. The van der Waals surface area contributed by atoms with Crippen molar-refractivity contribution >= 4 is 42.2 Å². The van der Waals surface area contributed by atoms with E-state index in [4.69, 9.17) is 4.52 Å². The molecule has 4 aromatic rings. The molecule has 0 amide bonds. The van der Waals surface area contributed by atoms with Gasteiger partial charge in [0.25, 0.3) is 6.47 Å². The standard InChI is InChI=1S/C24H16F6NO3PS.C6H12O2/c1-2-31-35(34-14-6-4-3-5-7-14)23(30)12-8-9-15-13(10-12)11-16(36-15)24(32)33-22-20(28)18(26)17(25)19(27)21(22)29;1-6(2,3)4-8-5-7/h3-11,23,31H,2H2,1H3;5H,4H2,1-3H3. The van der Waals surface area contributed by atoms with E-state index in [1.165, 1.54) is 18.2 Å². The molecular weight excluding hydrogens is 631 g/mol.